The molecule has 2 N–H and O–H groups in total. The van der Waals surface area contributed by atoms with Crippen LogP contribution < -0.4 is 10.6 Å². The molecule has 1 aromatic rings. The summed E-state index contributed by atoms with van der Waals surface area (Å²) in [5.74, 6) is 0.619. The van der Waals surface area contributed by atoms with Crippen LogP contribution in [0.15, 0.2) is 29.3 Å². The first-order valence-electron chi connectivity index (χ1n) is 9.39. The zero-order chi connectivity index (χ0) is 18.9. The third-order valence-electron chi connectivity index (χ3n) is 4.65. The van der Waals surface area contributed by atoms with E-state index in [4.69, 9.17) is 4.74 Å². The predicted molar refractivity (Wildman–Crippen MR) is 105 cm³/mol. The molecule has 0 spiro atoms. The van der Waals surface area contributed by atoms with E-state index in [0.717, 1.165) is 19.4 Å². The van der Waals surface area contributed by atoms with E-state index in [0.29, 0.717) is 12.5 Å². The van der Waals surface area contributed by atoms with Crippen molar-refractivity contribution in [2.24, 2.45) is 4.99 Å². The zero-order valence-corrected chi connectivity index (χ0v) is 16.4. The maximum absolute atomic E-state index is 11.9. The van der Waals surface area contributed by atoms with Gasteiger partial charge in [0.25, 0.3) is 0 Å². The molecule has 0 aromatic heterocycles. The molecule has 1 aromatic carbocycles. The number of ether oxygens (including phenoxy) is 1. The Morgan fingerprint density at radius 2 is 2.12 bits per heavy atom. The molecule has 2 rings (SSSR count). The SMILES string of the molecule is Cc1ccccc1C(C)NC(=NCC(=O)N(C)C)NCC1CCCCO1. The molecular formula is C20H32N4O2. The Morgan fingerprint density at radius 3 is 2.77 bits per heavy atom. The number of hydrogen-bond acceptors (Lipinski definition) is 3. The van der Waals surface area contributed by atoms with Crippen LogP contribution in [0.4, 0.5) is 0 Å². The van der Waals surface area contributed by atoms with Crippen LogP contribution in [0.2, 0.25) is 0 Å². The van der Waals surface area contributed by atoms with Crippen molar-refractivity contribution in [2.75, 3.05) is 33.8 Å². The highest BCUT2D eigenvalue weighted by Gasteiger charge is 2.16. The van der Waals surface area contributed by atoms with Crippen LogP contribution in [0.1, 0.15) is 43.4 Å². The summed E-state index contributed by atoms with van der Waals surface area (Å²) in [6.45, 7) is 5.84. The summed E-state index contributed by atoms with van der Waals surface area (Å²) in [4.78, 5) is 17.9. The van der Waals surface area contributed by atoms with Gasteiger partial charge in [-0.05, 0) is 44.2 Å². The van der Waals surface area contributed by atoms with Crippen LogP contribution in [0.25, 0.3) is 0 Å². The third-order valence-corrected chi connectivity index (χ3v) is 4.65. The van der Waals surface area contributed by atoms with Crippen molar-refractivity contribution in [1.82, 2.24) is 15.5 Å². The second-order valence-electron chi connectivity index (χ2n) is 7.05. The maximum Gasteiger partial charge on any atom is 0.243 e. The van der Waals surface area contributed by atoms with E-state index >= 15 is 0 Å². The number of hydrogen-bond donors (Lipinski definition) is 2. The van der Waals surface area contributed by atoms with E-state index in [2.05, 4.69) is 41.6 Å². The van der Waals surface area contributed by atoms with Gasteiger partial charge in [-0.25, -0.2) is 4.99 Å². The van der Waals surface area contributed by atoms with Crippen LogP contribution in [0.5, 0.6) is 0 Å². The van der Waals surface area contributed by atoms with Crippen LogP contribution in [0.3, 0.4) is 0 Å². The number of carbonyl (C=O) groups is 1. The number of nitrogens with one attached hydrogen (secondary N) is 2. The van der Waals surface area contributed by atoms with Gasteiger partial charge in [0.15, 0.2) is 5.96 Å². The average Bonchev–Trinajstić information content (AvgIpc) is 2.64. The van der Waals surface area contributed by atoms with Crippen LogP contribution in [0, 0.1) is 6.92 Å². The first-order chi connectivity index (χ1) is 12.5. The highest BCUT2D eigenvalue weighted by Crippen LogP contribution is 2.16. The Labute approximate surface area is 157 Å². The number of amides is 1. The molecule has 0 radical (unpaired) electrons. The summed E-state index contributed by atoms with van der Waals surface area (Å²) in [7, 11) is 3.48. The Hall–Kier alpha value is -2.08. The summed E-state index contributed by atoms with van der Waals surface area (Å²) >= 11 is 0. The van der Waals surface area contributed by atoms with Gasteiger partial charge in [0.2, 0.25) is 5.91 Å². The van der Waals surface area contributed by atoms with Gasteiger partial charge in [-0.3, -0.25) is 4.79 Å². The molecule has 2 unspecified atom stereocenters. The van der Waals surface area contributed by atoms with E-state index in [9.17, 15) is 4.79 Å². The summed E-state index contributed by atoms with van der Waals surface area (Å²) < 4.78 is 5.78. The topological polar surface area (TPSA) is 66.0 Å². The number of likely N-dealkylation sites (N-methyl/N-ethyl adjacent to an activating group) is 1. The zero-order valence-electron chi connectivity index (χ0n) is 16.4. The summed E-state index contributed by atoms with van der Waals surface area (Å²) in [5.41, 5.74) is 2.45. The number of aliphatic imine (C=N–C) groups is 1. The monoisotopic (exact) mass is 360 g/mol. The lowest BCUT2D eigenvalue weighted by Crippen LogP contribution is -2.44. The predicted octanol–water partition coefficient (Wildman–Crippen LogP) is 2.25. The molecule has 1 aliphatic heterocycles. The fourth-order valence-electron chi connectivity index (χ4n) is 2.98. The molecule has 6 nitrogen and oxygen atoms in total. The number of carbonyl (C=O) groups excluding carboxylic acids is 1. The normalized spacial score (nSPS) is 18.9. The van der Waals surface area contributed by atoms with Gasteiger partial charge < -0.3 is 20.3 Å². The molecule has 1 fully saturated rings. The molecule has 2 atom stereocenters. The summed E-state index contributed by atoms with van der Waals surface area (Å²) in [6.07, 6.45) is 3.60. The van der Waals surface area contributed by atoms with E-state index in [1.807, 2.05) is 12.1 Å². The number of benzene rings is 1. The second-order valence-corrected chi connectivity index (χ2v) is 7.05. The number of rotatable bonds is 6. The lowest BCUT2D eigenvalue weighted by atomic mass is 10.0. The molecule has 1 heterocycles. The Balaban J connectivity index is 2.02. The minimum Gasteiger partial charge on any atom is -0.376 e. The van der Waals surface area contributed by atoms with E-state index in [1.165, 1.54) is 17.5 Å². The number of nitrogens with zero attached hydrogens (tertiary/aromatic N) is 2. The summed E-state index contributed by atoms with van der Waals surface area (Å²) in [5, 5.41) is 6.77. The molecule has 1 amide bonds. The van der Waals surface area contributed by atoms with E-state index < -0.39 is 0 Å². The van der Waals surface area contributed by atoms with Gasteiger partial charge in [-0.15, -0.1) is 0 Å². The van der Waals surface area contributed by atoms with E-state index in [-0.39, 0.29) is 24.6 Å². The molecule has 26 heavy (non-hydrogen) atoms. The smallest absolute Gasteiger partial charge is 0.243 e. The molecule has 1 saturated heterocycles. The van der Waals surface area contributed by atoms with Gasteiger partial charge in [-0.2, -0.15) is 0 Å². The van der Waals surface area contributed by atoms with Crippen LogP contribution in [-0.4, -0.2) is 56.7 Å². The van der Waals surface area contributed by atoms with Gasteiger partial charge in [0, 0.05) is 27.2 Å². The fourth-order valence-corrected chi connectivity index (χ4v) is 2.98. The minimum atomic E-state index is -0.0245. The Morgan fingerprint density at radius 1 is 1.35 bits per heavy atom. The van der Waals surface area contributed by atoms with Crippen LogP contribution in [-0.2, 0) is 9.53 Å². The lowest BCUT2D eigenvalue weighted by Gasteiger charge is -2.25. The first kappa shape index (κ1) is 20.2. The van der Waals surface area contributed by atoms with Gasteiger partial charge >= 0.3 is 0 Å². The summed E-state index contributed by atoms with van der Waals surface area (Å²) in [6, 6.07) is 8.37. The van der Waals surface area contributed by atoms with Crippen molar-refractivity contribution in [3.63, 3.8) is 0 Å². The molecular weight excluding hydrogens is 328 g/mol. The number of guanidine groups is 1. The third kappa shape index (κ3) is 6.33. The molecule has 1 aliphatic rings. The van der Waals surface area contributed by atoms with Crippen molar-refractivity contribution in [3.8, 4) is 0 Å². The van der Waals surface area contributed by atoms with Crippen molar-refractivity contribution in [3.05, 3.63) is 35.4 Å². The first-order valence-corrected chi connectivity index (χ1v) is 9.39. The highest BCUT2D eigenvalue weighted by atomic mass is 16.5. The Bertz CT molecular complexity index is 610. The van der Waals surface area contributed by atoms with Crippen molar-refractivity contribution in [1.29, 1.82) is 0 Å². The standard InChI is InChI=1S/C20H32N4O2/c1-15-9-5-6-11-18(15)16(2)23-20(22-14-19(25)24(3)4)21-13-17-10-7-8-12-26-17/h5-6,9,11,16-17H,7-8,10,12-14H2,1-4H3,(H2,21,22,23). The fraction of sp³-hybridized carbons (Fsp3) is 0.600. The van der Waals surface area contributed by atoms with Gasteiger partial charge in [0.1, 0.15) is 6.54 Å². The molecule has 6 heteroatoms. The molecule has 0 bridgehead atoms. The number of aryl methyl sites for hydroxylation is 1. The van der Waals surface area contributed by atoms with Crippen molar-refractivity contribution < 1.29 is 9.53 Å². The van der Waals surface area contributed by atoms with Crippen LogP contribution >= 0.6 is 0 Å². The van der Waals surface area contributed by atoms with E-state index in [1.54, 1.807) is 19.0 Å². The second kappa shape index (κ2) is 10.2. The van der Waals surface area contributed by atoms with Gasteiger partial charge in [0.05, 0.1) is 12.1 Å². The molecule has 0 saturated carbocycles. The average molecular weight is 361 g/mol. The molecule has 144 valence electrons. The Kier molecular flexibility index (Phi) is 7.91. The lowest BCUT2D eigenvalue weighted by molar-refractivity contribution is -0.127. The quantitative estimate of drug-likeness (QED) is 0.603. The maximum atomic E-state index is 11.9. The largest absolute Gasteiger partial charge is 0.376 e. The highest BCUT2D eigenvalue weighted by molar-refractivity contribution is 5.85. The van der Waals surface area contributed by atoms with Crippen molar-refractivity contribution >= 4 is 11.9 Å². The molecule has 0 aliphatic carbocycles. The minimum absolute atomic E-state index is 0.0245. The van der Waals surface area contributed by atoms with Gasteiger partial charge in [-0.1, -0.05) is 24.3 Å². The van der Waals surface area contributed by atoms with Crippen molar-refractivity contribution in [2.45, 2.75) is 45.3 Å².